The molecular weight excluding hydrogens is 252 g/mol. The van der Waals surface area contributed by atoms with Gasteiger partial charge in [-0.3, -0.25) is 0 Å². The third kappa shape index (κ3) is 2.43. The van der Waals surface area contributed by atoms with E-state index >= 15 is 0 Å². The molecule has 1 aliphatic heterocycles. The molecule has 0 atom stereocenters. The van der Waals surface area contributed by atoms with E-state index in [1.54, 1.807) is 12.1 Å². The second-order valence-corrected chi connectivity index (χ2v) is 5.56. The van der Waals surface area contributed by atoms with Gasteiger partial charge in [0.15, 0.2) is 0 Å². The number of hydrogen-bond acceptors (Lipinski definition) is 2. The van der Waals surface area contributed by atoms with Gasteiger partial charge in [0, 0.05) is 29.7 Å². The molecule has 106 valence electrons. The third-order valence-corrected chi connectivity index (χ3v) is 4.19. The maximum absolute atomic E-state index is 11.0. The lowest BCUT2D eigenvalue weighted by Crippen LogP contribution is -2.24. The molecule has 1 aromatic heterocycles. The number of carboxylic acid groups (broad SMARTS) is 1. The van der Waals surface area contributed by atoms with Crippen LogP contribution in [0, 0.1) is 6.92 Å². The summed E-state index contributed by atoms with van der Waals surface area (Å²) in [5, 5.41) is 10.1. The lowest BCUT2D eigenvalue weighted by atomic mass is 10.1. The standard InChI is InChI=1S/C16H20N2O2/c1-12-10-14-11-13(16(19)20)4-5-15(14)18(12)9-8-17-6-2-3-7-17/h4-5,10-11H,2-3,6-9H2,1H3,(H,19,20). The quantitative estimate of drug-likeness (QED) is 0.931. The molecule has 0 aliphatic carbocycles. The number of aryl methyl sites for hydroxylation is 1. The van der Waals surface area contributed by atoms with Crippen molar-refractivity contribution in [3.63, 3.8) is 0 Å². The van der Waals surface area contributed by atoms with Gasteiger partial charge in [0.05, 0.1) is 5.56 Å². The van der Waals surface area contributed by atoms with Crippen LogP contribution in [-0.4, -0.2) is 40.2 Å². The Balaban J connectivity index is 1.86. The molecule has 2 aromatic rings. The van der Waals surface area contributed by atoms with Crippen molar-refractivity contribution in [2.24, 2.45) is 0 Å². The van der Waals surface area contributed by atoms with Crippen LogP contribution in [0.15, 0.2) is 24.3 Å². The van der Waals surface area contributed by atoms with Crippen molar-refractivity contribution in [1.82, 2.24) is 9.47 Å². The monoisotopic (exact) mass is 272 g/mol. The van der Waals surface area contributed by atoms with Gasteiger partial charge >= 0.3 is 5.97 Å². The number of fused-ring (bicyclic) bond motifs is 1. The van der Waals surface area contributed by atoms with Gasteiger partial charge in [0.25, 0.3) is 0 Å². The van der Waals surface area contributed by atoms with Crippen LogP contribution in [0.25, 0.3) is 10.9 Å². The summed E-state index contributed by atoms with van der Waals surface area (Å²) in [4.78, 5) is 13.5. The van der Waals surface area contributed by atoms with Crippen LogP contribution in [0.4, 0.5) is 0 Å². The summed E-state index contributed by atoms with van der Waals surface area (Å²) in [6, 6.07) is 7.45. The predicted octanol–water partition coefficient (Wildman–Crippen LogP) is 2.74. The Morgan fingerprint density at radius 2 is 1.95 bits per heavy atom. The summed E-state index contributed by atoms with van der Waals surface area (Å²) in [7, 11) is 0. The highest BCUT2D eigenvalue weighted by molar-refractivity contribution is 5.94. The number of benzene rings is 1. The molecule has 1 aliphatic rings. The van der Waals surface area contributed by atoms with E-state index in [0.29, 0.717) is 5.56 Å². The van der Waals surface area contributed by atoms with Crippen LogP contribution in [0.1, 0.15) is 28.9 Å². The van der Waals surface area contributed by atoms with Crippen LogP contribution < -0.4 is 0 Å². The van der Waals surface area contributed by atoms with Gasteiger partial charge in [-0.2, -0.15) is 0 Å². The summed E-state index contributed by atoms with van der Waals surface area (Å²) >= 11 is 0. The molecule has 0 spiro atoms. The fraction of sp³-hybridized carbons (Fsp3) is 0.438. The van der Waals surface area contributed by atoms with Gasteiger partial charge in [-0.1, -0.05) is 0 Å². The van der Waals surface area contributed by atoms with Gasteiger partial charge in [0.1, 0.15) is 0 Å². The molecule has 1 aromatic carbocycles. The molecule has 4 nitrogen and oxygen atoms in total. The lowest BCUT2D eigenvalue weighted by Gasteiger charge is -2.16. The van der Waals surface area contributed by atoms with Crippen LogP contribution in [-0.2, 0) is 6.54 Å². The number of carbonyl (C=O) groups is 1. The first-order valence-corrected chi connectivity index (χ1v) is 7.21. The van der Waals surface area contributed by atoms with Crippen molar-refractivity contribution in [3.8, 4) is 0 Å². The first-order chi connectivity index (χ1) is 9.65. The Morgan fingerprint density at radius 3 is 2.65 bits per heavy atom. The Kier molecular flexibility index (Phi) is 3.49. The van der Waals surface area contributed by atoms with E-state index in [4.69, 9.17) is 5.11 Å². The Bertz CT molecular complexity index is 639. The van der Waals surface area contributed by atoms with Crippen molar-refractivity contribution in [2.75, 3.05) is 19.6 Å². The van der Waals surface area contributed by atoms with Gasteiger partial charge in [-0.15, -0.1) is 0 Å². The molecule has 0 saturated carbocycles. The molecule has 0 bridgehead atoms. The zero-order valence-electron chi connectivity index (χ0n) is 11.8. The highest BCUT2D eigenvalue weighted by Gasteiger charge is 2.13. The van der Waals surface area contributed by atoms with Gasteiger partial charge in [0.2, 0.25) is 0 Å². The van der Waals surface area contributed by atoms with Crippen molar-refractivity contribution in [2.45, 2.75) is 26.3 Å². The maximum Gasteiger partial charge on any atom is 0.335 e. The first kappa shape index (κ1) is 13.2. The topological polar surface area (TPSA) is 45.5 Å². The minimum absolute atomic E-state index is 0.356. The fourth-order valence-electron chi connectivity index (χ4n) is 3.09. The number of likely N-dealkylation sites (tertiary alicyclic amines) is 1. The first-order valence-electron chi connectivity index (χ1n) is 7.21. The van der Waals surface area contributed by atoms with Gasteiger partial charge in [-0.25, -0.2) is 4.79 Å². The Morgan fingerprint density at radius 1 is 1.20 bits per heavy atom. The van der Waals surface area contributed by atoms with Crippen molar-refractivity contribution >= 4 is 16.9 Å². The molecule has 20 heavy (non-hydrogen) atoms. The number of aromatic carboxylic acids is 1. The highest BCUT2D eigenvalue weighted by Crippen LogP contribution is 2.21. The molecule has 3 rings (SSSR count). The van der Waals surface area contributed by atoms with E-state index in [9.17, 15) is 4.79 Å². The molecular formula is C16H20N2O2. The number of nitrogens with zero attached hydrogens (tertiary/aromatic N) is 2. The summed E-state index contributed by atoms with van der Waals surface area (Å²) in [6.45, 7) is 6.56. The lowest BCUT2D eigenvalue weighted by molar-refractivity contribution is 0.0697. The minimum Gasteiger partial charge on any atom is -0.478 e. The van der Waals surface area contributed by atoms with Crippen LogP contribution in [0.3, 0.4) is 0 Å². The molecule has 0 unspecified atom stereocenters. The van der Waals surface area contributed by atoms with Crippen molar-refractivity contribution < 1.29 is 9.90 Å². The van der Waals surface area contributed by atoms with E-state index < -0.39 is 5.97 Å². The fourth-order valence-corrected chi connectivity index (χ4v) is 3.09. The number of aromatic nitrogens is 1. The predicted molar refractivity (Wildman–Crippen MR) is 79.3 cm³/mol. The third-order valence-electron chi connectivity index (χ3n) is 4.19. The Labute approximate surface area is 118 Å². The highest BCUT2D eigenvalue weighted by atomic mass is 16.4. The van der Waals surface area contributed by atoms with E-state index in [0.717, 1.165) is 24.0 Å². The average molecular weight is 272 g/mol. The largest absolute Gasteiger partial charge is 0.478 e. The summed E-state index contributed by atoms with van der Waals surface area (Å²) in [5.41, 5.74) is 2.68. The van der Waals surface area contributed by atoms with Crippen LogP contribution >= 0.6 is 0 Å². The summed E-state index contributed by atoms with van der Waals surface area (Å²) in [5.74, 6) is -0.866. The molecule has 1 fully saturated rings. The SMILES string of the molecule is Cc1cc2cc(C(=O)O)ccc2n1CCN1CCCC1. The van der Waals surface area contributed by atoms with E-state index in [-0.39, 0.29) is 0 Å². The number of carboxylic acids is 1. The smallest absolute Gasteiger partial charge is 0.335 e. The van der Waals surface area contributed by atoms with Crippen LogP contribution in [0.5, 0.6) is 0 Å². The van der Waals surface area contributed by atoms with Gasteiger partial charge in [-0.05, 0) is 57.1 Å². The van der Waals surface area contributed by atoms with Crippen molar-refractivity contribution in [3.05, 3.63) is 35.5 Å². The molecule has 1 saturated heterocycles. The van der Waals surface area contributed by atoms with Crippen molar-refractivity contribution in [1.29, 1.82) is 0 Å². The number of rotatable bonds is 4. The maximum atomic E-state index is 11.0. The normalized spacial score (nSPS) is 16.1. The Hall–Kier alpha value is -1.81. The van der Waals surface area contributed by atoms with E-state index in [1.165, 1.54) is 31.6 Å². The molecule has 0 amide bonds. The summed E-state index contributed by atoms with van der Waals surface area (Å²) in [6.07, 6.45) is 2.63. The van der Waals surface area contributed by atoms with E-state index in [2.05, 4.69) is 22.5 Å². The van der Waals surface area contributed by atoms with Gasteiger partial charge < -0.3 is 14.6 Å². The molecule has 4 heteroatoms. The van der Waals surface area contributed by atoms with Crippen LogP contribution in [0.2, 0.25) is 0 Å². The second kappa shape index (κ2) is 5.29. The second-order valence-electron chi connectivity index (χ2n) is 5.56. The number of hydrogen-bond donors (Lipinski definition) is 1. The minimum atomic E-state index is -0.866. The molecule has 1 N–H and O–H groups in total. The summed E-state index contributed by atoms with van der Waals surface area (Å²) < 4.78 is 2.29. The molecule has 2 heterocycles. The average Bonchev–Trinajstić information content (AvgIpc) is 3.02. The van der Waals surface area contributed by atoms with E-state index in [1.807, 2.05) is 6.07 Å². The zero-order valence-corrected chi connectivity index (χ0v) is 11.8. The molecule has 0 radical (unpaired) electrons. The zero-order chi connectivity index (χ0) is 14.1.